The third-order valence-electron chi connectivity index (χ3n) is 4.05. The summed E-state index contributed by atoms with van der Waals surface area (Å²) in [5, 5.41) is 13.2. The summed E-state index contributed by atoms with van der Waals surface area (Å²) in [6.45, 7) is 1.29. The topological polar surface area (TPSA) is 154 Å². The summed E-state index contributed by atoms with van der Waals surface area (Å²) in [6.07, 6.45) is 1.22. The number of nitrogens with zero attached hydrogens (tertiary/aromatic N) is 3. The number of nitriles is 1. The largest absolute Gasteiger partial charge is 0.353 e. The molecule has 0 amide bonds. The minimum absolute atomic E-state index is 0.165. The molecule has 1 heterocycles. The van der Waals surface area contributed by atoms with Crippen molar-refractivity contribution in [3.63, 3.8) is 0 Å². The van der Waals surface area contributed by atoms with Crippen molar-refractivity contribution in [3.8, 4) is 6.07 Å². The van der Waals surface area contributed by atoms with Crippen molar-refractivity contribution in [2.45, 2.75) is 17.2 Å². The minimum Gasteiger partial charge on any atom is -0.353 e. The number of hydrogen-bond acceptors (Lipinski definition) is 9. The van der Waals surface area contributed by atoms with Gasteiger partial charge >= 0.3 is 0 Å². The van der Waals surface area contributed by atoms with E-state index in [-0.39, 0.29) is 10.7 Å². The molecule has 0 aliphatic rings. The Morgan fingerprint density at radius 3 is 2.23 bits per heavy atom. The molecule has 0 saturated heterocycles. The SMILES string of the molecule is CC(Nc1cc(Nc2ccc(C#N)cc2)ncn1)S(=O)(=O)NS(=O)(=O)c1ccccc1. The van der Waals surface area contributed by atoms with Gasteiger partial charge in [-0.05, 0) is 43.3 Å². The lowest BCUT2D eigenvalue weighted by molar-refractivity contribution is 0.572. The number of aromatic nitrogens is 2. The zero-order valence-corrected chi connectivity index (χ0v) is 17.9. The molecule has 12 heteroatoms. The summed E-state index contributed by atoms with van der Waals surface area (Å²) >= 11 is 0. The summed E-state index contributed by atoms with van der Waals surface area (Å²) < 4.78 is 51.4. The summed E-state index contributed by atoms with van der Waals surface area (Å²) in [6, 6.07) is 17.3. The first-order valence-electron chi connectivity index (χ1n) is 8.88. The molecule has 0 spiro atoms. The van der Waals surface area contributed by atoms with Gasteiger partial charge in [-0.1, -0.05) is 18.2 Å². The number of benzene rings is 2. The van der Waals surface area contributed by atoms with Crippen molar-refractivity contribution in [3.05, 3.63) is 72.6 Å². The number of rotatable bonds is 8. The lowest BCUT2D eigenvalue weighted by atomic mass is 10.2. The third-order valence-corrected chi connectivity index (χ3v) is 7.80. The van der Waals surface area contributed by atoms with Crippen LogP contribution in [0.3, 0.4) is 0 Å². The molecule has 0 fully saturated rings. The number of nitrogens with one attached hydrogen (secondary N) is 3. The Morgan fingerprint density at radius 1 is 0.935 bits per heavy atom. The van der Waals surface area contributed by atoms with Crippen LogP contribution < -0.4 is 14.8 Å². The average molecular weight is 459 g/mol. The number of hydrogen-bond donors (Lipinski definition) is 3. The molecule has 1 atom stereocenters. The molecule has 160 valence electrons. The van der Waals surface area contributed by atoms with E-state index in [1.54, 1.807) is 34.5 Å². The molecule has 1 aromatic heterocycles. The monoisotopic (exact) mass is 458 g/mol. The zero-order valence-electron chi connectivity index (χ0n) is 16.2. The molecule has 31 heavy (non-hydrogen) atoms. The Labute approximate surface area is 180 Å². The van der Waals surface area contributed by atoms with Crippen molar-refractivity contribution >= 4 is 37.4 Å². The second-order valence-corrected chi connectivity index (χ2v) is 10.3. The van der Waals surface area contributed by atoms with Crippen molar-refractivity contribution in [2.75, 3.05) is 10.6 Å². The van der Waals surface area contributed by atoms with Gasteiger partial charge in [-0.2, -0.15) is 5.26 Å². The van der Waals surface area contributed by atoms with Gasteiger partial charge in [-0.3, -0.25) is 0 Å². The van der Waals surface area contributed by atoms with Crippen LogP contribution in [0.25, 0.3) is 0 Å². The van der Waals surface area contributed by atoms with Gasteiger partial charge in [0.15, 0.2) is 0 Å². The molecule has 10 nitrogen and oxygen atoms in total. The molecule has 0 aliphatic heterocycles. The Hall–Kier alpha value is -3.53. The van der Waals surface area contributed by atoms with E-state index in [1.807, 2.05) is 6.07 Å². The van der Waals surface area contributed by atoms with E-state index >= 15 is 0 Å². The van der Waals surface area contributed by atoms with E-state index < -0.39 is 25.4 Å². The van der Waals surface area contributed by atoms with Crippen LogP contribution in [0.4, 0.5) is 17.3 Å². The van der Waals surface area contributed by atoms with Crippen LogP contribution in [0.5, 0.6) is 0 Å². The molecule has 3 aromatic rings. The van der Waals surface area contributed by atoms with Gasteiger partial charge in [0.05, 0.1) is 16.5 Å². The van der Waals surface area contributed by atoms with Crippen molar-refractivity contribution in [2.24, 2.45) is 0 Å². The number of sulfonamides is 2. The smallest absolute Gasteiger partial charge is 0.253 e. The van der Waals surface area contributed by atoms with Gasteiger partial charge in [0.2, 0.25) is 10.0 Å². The zero-order chi connectivity index (χ0) is 22.5. The fourth-order valence-electron chi connectivity index (χ4n) is 2.44. The summed E-state index contributed by atoms with van der Waals surface area (Å²) in [5.74, 6) is 0.540. The molecule has 0 saturated carbocycles. The normalized spacial score (nSPS) is 12.5. The lowest BCUT2D eigenvalue weighted by Gasteiger charge is -2.16. The first kappa shape index (κ1) is 22.2. The third kappa shape index (κ3) is 5.76. The number of anilines is 3. The average Bonchev–Trinajstić information content (AvgIpc) is 2.74. The van der Waals surface area contributed by atoms with E-state index in [0.717, 1.165) is 0 Å². The first-order chi connectivity index (χ1) is 14.7. The molecule has 0 aliphatic carbocycles. The van der Waals surface area contributed by atoms with Crippen LogP contribution in [0.1, 0.15) is 12.5 Å². The quantitative estimate of drug-likeness (QED) is 0.460. The van der Waals surface area contributed by atoms with E-state index in [1.165, 1.54) is 43.6 Å². The Bertz CT molecular complexity index is 1310. The molecule has 3 N–H and O–H groups in total. The first-order valence-corrected chi connectivity index (χ1v) is 11.9. The summed E-state index contributed by atoms with van der Waals surface area (Å²) in [4.78, 5) is 7.86. The molecule has 3 rings (SSSR count). The van der Waals surface area contributed by atoms with E-state index in [0.29, 0.717) is 17.1 Å². The van der Waals surface area contributed by atoms with Crippen molar-refractivity contribution in [1.29, 1.82) is 5.26 Å². The van der Waals surface area contributed by atoms with Crippen molar-refractivity contribution < 1.29 is 16.8 Å². The molecule has 1 unspecified atom stereocenters. The van der Waals surface area contributed by atoms with E-state index in [9.17, 15) is 16.8 Å². The molecule has 2 aromatic carbocycles. The second-order valence-electron chi connectivity index (χ2n) is 6.33. The van der Waals surface area contributed by atoms with Crippen LogP contribution in [-0.4, -0.2) is 32.2 Å². The summed E-state index contributed by atoms with van der Waals surface area (Å²) in [7, 11) is -8.56. The Kier molecular flexibility index (Phi) is 6.50. The van der Waals surface area contributed by atoms with Crippen LogP contribution in [0.2, 0.25) is 0 Å². The molecular weight excluding hydrogens is 440 g/mol. The predicted molar refractivity (Wildman–Crippen MR) is 115 cm³/mol. The predicted octanol–water partition coefficient (Wildman–Crippen LogP) is 2.16. The van der Waals surface area contributed by atoms with Gasteiger partial charge in [0, 0.05) is 11.8 Å². The fourth-order valence-corrected chi connectivity index (χ4v) is 5.42. The molecule has 0 radical (unpaired) electrons. The van der Waals surface area contributed by atoms with Gasteiger partial charge in [-0.25, -0.2) is 26.8 Å². The molecular formula is C19H18N6O4S2. The highest BCUT2D eigenvalue weighted by Crippen LogP contribution is 2.18. The van der Waals surface area contributed by atoms with Crippen LogP contribution in [0, 0.1) is 11.3 Å². The van der Waals surface area contributed by atoms with Gasteiger partial charge in [0.1, 0.15) is 23.3 Å². The minimum atomic E-state index is -4.30. The fraction of sp³-hybridized carbons (Fsp3) is 0.105. The maximum absolute atomic E-state index is 12.5. The van der Waals surface area contributed by atoms with E-state index in [4.69, 9.17) is 5.26 Å². The highest BCUT2D eigenvalue weighted by atomic mass is 32.3. The standard InChI is InChI=1S/C19H18N6O4S2/c1-14(30(26,27)25-31(28,29)17-5-3-2-4-6-17)23-18-11-19(22-13-21-18)24-16-9-7-15(12-20)8-10-16/h2-11,13-14,25H,1H3,(H2,21,22,23,24). The van der Waals surface area contributed by atoms with Crippen LogP contribution in [-0.2, 0) is 20.0 Å². The second kappa shape index (κ2) is 9.09. The van der Waals surface area contributed by atoms with Gasteiger partial charge < -0.3 is 10.6 Å². The Morgan fingerprint density at radius 2 is 1.58 bits per heavy atom. The highest BCUT2D eigenvalue weighted by Gasteiger charge is 2.28. The van der Waals surface area contributed by atoms with Crippen LogP contribution >= 0.6 is 0 Å². The van der Waals surface area contributed by atoms with Crippen LogP contribution in [0.15, 0.2) is 71.9 Å². The van der Waals surface area contributed by atoms with Gasteiger partial charge in [0.25, 0.3) is 10.0 Å². The highest BCUT2D eigenvalue weighted by molar-refractivity contribution is 8.05. The van der Waals surface area contributed by atoms with Gasteiger partial charge in [-0.15, -0.1) is 4.13 Å². The lowest BCUT2D eigenvalue weighted by Crippen LogP contribution is -2.40. The maximum Gasteiger partial charge on any atom is 0.253 e. The molecule has 0 bridgehead atoms. The van der Waals surface area contributed by atoms with Crippen molar-refractivity contribution in [1.82, 2.24) is 14.1 Å². The van der Waals surface area contributed by atoms with E-state index in [2.05, 4.69) is 20.6 Å². The summed E-state index contributed by atoms with van der Waals surface area (Å²) in [5.41, 5.74) is 1.17. The maximum atomic E-state index is 12.5. The Balaban J connectivity index is 1.71.